The van der Waals surface area contributed by atoms with Crippen LogP contribution < -0.4 is 10.2 Å². The van der Waals surface area contributed by atoms with Gasteiger partial charge in [-0.1, -0.05) is 23.2 Å². The molecule has 1 aromatic heterocycles. The van der Waals surface area contributed by atoms with E-state index in [1.807, 2.05) is 6.07 Å². The number of halogens is 3. The summed E-state index contributed by atoms with van der Waals surface area (Å²) >= 11 is 11.7. The van der Waals surface area contributed by atoms with Crippen LogP contribution in [0.2, 0.25) is 10.2 Å². The number of nitrogens with zero attached hydrogens (tertiary/aromatic N) is 2. The minimum atomic E-state index is 0. The Morgan fingerprint density at radius 1 is 1.38 bits per heavy atom. The van der Waals surface area contributed by atoms with Crippen molar-refractivity contribution in [3.05, 3.63) is 22.4 Å². The van der Waals surface area contributed by atoms with E-state index in [1.165, 1.54) is 0 Å². The molecule has 3 nitrogen and oxygen atoms in total. The van der Waals surface area contributed by atoms with E-state index in [1.54, 1.807) is 6.20 Å². The summed E-state index contributed by atoms with van der Waals surface area (Å²) in [5.74, 6) is 0.791. The van der Waals surface area contributed by atoms with Crippen molar-refractivity contribution in [1.29, 1.82) is 0 Å². The van der Waals surface area contributed by atoms with Crippen molar-refractivity contribution in [2.24, 2.45) is 5.92 Å². The monoisotopic (exact) mass is 279 g/mol. The highest BCUT2D eigenvalue weighted by Gasteiger charge is 2.39. The molecule has 2 aliphatic rings. The number of hydrogen-bond donors (Lipinski definition) is 1. The second-order valence-electron chi connectivity index (χ2n) is 4.15. The Hall–Kier alpha value is -0.220. The first-order valence-corrected chi connectivity index (χ1v) is 5.79. The summed E-state index contributed by atoms with van der Waals surface area (Å²) in [4.78, 5) is 6.38. The van der Waals surface area contributed by atoms with Crippen LogP contribution in [-0.4, -0.2) is 30.7 Å². The molecule has 0 spiro atoms. The van der Waals surface area contributed by atoms with Gasteiger partial charge in [0.2, 0.25) is 0 Å². The number of aromatic nitrogens is 1. The zero-order chi connectivity index (χ0) is 10.4. The van der Waals surface area contributed by atoms with Crippen LogP contribution in [0.25, 0.3) is 0 Å². The molecule has 0 aliphatic carbocycles. The summed E-state index contributed by atoms with van der Waals surface area (Å²) in [7, 11) is 0. The first kappa shape index (κ1) is 12.2. The summed E-state index contributed by atoms with van der Waals surface area (Å²) in [6.07, 6.45) is 1.79. The fraction of sp³-hybridized carbons (Fsp3) is 0.500. The molecule has 2 aliphatic heterocycles. The lowest BCUT2D eigenvalue weighted by molar-refractivity contribution is 0.297. The van der Waals surface area contributed by atoms with E-state index in [2.05, 4.69) is 15.2 Å². The van der Waals surface area contributed by atoms with Gasteiger partial charge < -0.3 is 10.2 Å². The maximum absolute atomic E-state index is 5.94. The zero-order valence-electron chi connectivity index (χ0n) is 8.49. The third kappa shape index (κ3) is 1.97. The Morgan fingerprint density at radius 3 is 2.69 bits per heavy atom. The Bertz CT molecular complexity index is 387. The van der Waals surface area contributed by atoms with Crippen LogP contribution in [-0.2, 0) is 0 Å². The second kappa shape index (κ2) is 4.57. The number of nitrogens with one attached hydrogen (secondary N) is 1. The van der Waals surface area contributed by atoms with Gasteiger partial charge in [0.05, 0.1) is 16.9 Å². The number of rotatable bonds is 1. The SMILES string of the molecule is Cl.Clc1cc(N2CC3CNC3C2)cnc1Cl. The molecule has 2 saturated heterocycles. The molecule has 0 amide bonds. The highest BCUT2D eigenvalue weighted by molar-refractivity contribution is 6.41. The average Bonchev–Trinajstić information content (AvgIpc) is 2.48. The summed E-state index contributed by atoms with van der Waals surface area (Å²) in [6.45, 7) is 3.28. The first-order valence-electron chi connectivity index (χ1n) is 5.03. The van der Waals surface area contributed by atoms with Gasteiger partial charge in [-0.15, -0.1) is 12.4 Å². The molecule has 2 atom stereocenters. The van der Waals surface area contributed by atoms with Crippen LogP contribution in [0.1, 0.15) is 0 Å². The maximum atomic E-state index is 5.94. The summed E-state index contributed by atoms with van der Waals surface area (Å²) in [6, 6.07) is 2.54. The predicted molar refractivity (Wildman–Crippen MR) is 69.0 cm³/mol. The molecule has 2 unspecified atom stereocenters. The first-order chi connectivity index (χ1) is 7.24. The van der Waals surface area contributed by atoms with Gasteiger partial charge in [0.15, 0.2) is 0 Å². The highest BCUT2D eigenvalue weighted by atomic mass is 35.5. The molecule has 6 heteroatoms. The molecule has 0 saturated carbocycles. The summed E-state index contributed by atoms with van der Waals surface area (Å²) in [5.41, 5.74) is 1.07. The molecule has 3 heterocycles. The molecule has 3 rings (SSSR count). The lowest BCUT2D eigenvalue weighted by atomic mass is 9.96. The fourth-order valence-electron chi connectivity index (χ4n) is 2.25. The molecule has 2 fully saturated rings. The van der Waals surface area contributed by atoms with E-state index in [0.29, 0.717) is 16.2 Å². The number of pyridine rings is 1. The predicted octanol–water partition coefficient (Wildman–Crippen LogP) is 2.22. The van der Waals surface area contributed by atoms with Crippen molar-refractivity contribution in [2.45, 2.75) is 6.04 Å². The van der Waals surface area contributed by atoms with Gasteiger partial charge in [-0.3, -0.25) is 0 Å². The summed E-state index contributed by atoms with van der Waals surface area (Å²) < 4.78 is 0. The number of anilines is 1. The van der Waals surface area contributed by atoms with Gasteiger partial charge in [0.1, 0.15) is 5.15 Å². The molecule has 16 heavy (non-hydrogen) atoms. The Kier molecular flexibility index (Phi) is 3.50. The van der Waals surface area contributed by atoms with Crippen LogP contribution in [0.4, 0.5) is 5.69 Å². The van der Waals surface area contributed by atoms with E-state index in [9.17, 15) is 0 Å². The quantitative estimate of drug-likeness (QED) is 0.800. The molecule has 1 N–H and O–H groups in total. The Balaban J connectivity index is 0.000000963. The Labute approximate surface area is 111 Å². The van der Waals surface area contributed by atoms with Gasteiger partial charge in [-0.25, -0.2) is 4.98 Å². The van der Waals surface area contributed by atoms with Gasteiger partial charge in [-0.05, 0) is 6.07 Å². The molecule has 1 aromatic rings. The topological polar surface area (TPSA) is 28.2 Å². The van der Waals surface area contributed by atoms with Crippen LogP contribution in [0.3, 0.4) is 0 Å². The molecule has 88 valence electrons. The van der Waals surface area contributed by atoms with Crippen molar-refractivity contribution in [2.75, 3.05) is 24.5 Å². The second-order valence-corrected chi connectivity index (χ2v) is 4.91. The lowest BCUT2D eigenvalue weighted by Gasteiger charge is -2.29. The van der Waals surface area contributed by atoms with Gasteiger partial charge in [0, 0.05) is 31.6 Å². The lowest BCUT2D eigenvalue weighted by Crippen LogP contribution is -2.51. The largest absolute Gasteiger partial charge is 0.368 e. The van der Waals surface area contributed by atoms with Crippen LogP contribution in [0.15, 0.2) is 12.3 Å². The molecule has 0 aromatic carbocycles. The molecule has 0 radical (unpaired) electrons. The van der Waals surface area contributed by atoms with Crippen molar-refractivity contribution in [1.82, 2.24) is 10.3 Å². The van der Waals surface area contributed by atoms with Crippen molar-refractivity contribution < 1.29 is 0 Å². The minimum Gasteiger partial charge on any atom is -0.368 e. The number of fused-ring (bicyclic) bond motifs is 1. The van der Waals surface area contributed by atoms with Gasteiger partial charge in [-0.2, -0.15) is 0 Å². The van der Waals surface area contributed by atoms with Crippen molar-refractivity contribution >= 4 is 41.3 Å². The van der Waals surface area contributed by atoms with Crippen LogP contribution >= 0.6 is 35.6 Å². The van der Waals surface area contributed by atoms with Gasteiger partial charge in [0.25, 0.3) is 0 Å². The summed E-state index contributed by atoms with van der Waals surface area (Å²) in [5, 5.41) is 4.32. The van der Waals surface area contributed by atoms with E-state index < -0.39 is 0 Å². The van der Waals surface area contributed by atoms with E-state index in [4.69, 9.17) is 23.2 Å². The van der Waals surface area contributed by atoms with Crippen LogP contribution in [0, 0.1) is 5.92 Å². The third-order valence-corrected chi connectivity index (χ3v) is 3.92. The molecular weight excluding hydrogens is 268 g/mol. The van der Waals surface area contributed by atoms with Crippen LogP contribution in [0.5, 0.6) is 0 Å². The van der Waals surface area contributed by atoms with Crippen molar-refractivity contribution in [3.8, 4) is 0 Å². The van der Waals surface area contributed by atoms with Gasteiger partial charge >= 0.3 is 0 Å². The fourth-order valence-corrected chi connectivity index (χ4v) is 2.51. The maximum Gasteiger partial charge on any atom is 0.147 e. The van der Waals surface area contributed by atoms with E-state index >= 15 is 0 Å². The van der Waals surface area contributed by atoms with E-state index in [-0.39, 0.29) is 12.4 Å². The average molecular weight is 281 g/mol. The number of hydrogen-bond acceptors (Lipinski definition) is 3. The normalized spacial score (nSPS) is 27.0. The molecule has 0 bridgehead atoms. The molecular formula is C10H12Cl3N3. The smallest absolute Gasteiger partial charge is 0.147 e. The van der Waals surface area contributed by atoms with Crippen molar-refractivity contribution in [3.63, 3.8) is 0 Å². The van der Waals surface area contributed by atoms with E-state index in [0.717, 1.165) is 31.2 Å². The minimum absolute atomic E-state index is 0. The third-order valence-electron chi connectivity index (χ3n) is 3.23. The Morgan fingerprint density at radius 2 is 2.19 bits per heavy atom. The zero-order valence-corrected chi connectivity index (χ0v) is 10.8. The highest BCUT2D eigenvalue weighted by Crippen LogP contribution is 2.30. The standard InChI is InChI=1S/C10H11Cl2N3.ClH/c11-8-1-7(3-14-10(8)12)15-4-6-2-13-9(6)5-15;/h1,3,6,9,13H,2,4-5H2;1H.